The summed E-state index contributed by atoms with van der Waals surface area (Å²) in [6, 6.07) is 47.7. The van der Waals surface area contributed by atoms with Crippen LogP contribution < -0.4 is 56.8 Å². The number of likely N-dealkylation sites (tertiary alicyclic amines) is 4. The van der Waals surface area contributed by atoms with Crippen molar-refractivity contribution in [3.63, 3.8) is 0 Å². The van der Waals surface area contributed by atoms with Crippen LogP contribution in [-0.4, -0.2) is 220 Å². The van der Waals surface area contributed by atoms with Crippen LogP contribution in [0.15, 0.2) is 205 Å². The van der Waals surface area contributed by atoms with Crippen molar-refractivity contribution in [2.75, 3.05) is 149 Å². The van der Waals surface area contributed by atoms with E-state index in [9.17, 15) is 19.2 Å². The van der Waals surface area contributed by atoms with Crippen molar-refractivity contribution in [2.24, 2.45) is 5.73 Å². The van der Waals surface area contributed by atoms with Crippen molar-refractivity contribution in [1.82, 2.24) is 55.3 Å². The van der Waals surface area contributed by atoms with Crippen LogP contribution in [0, 0.1) is 0 Å². The van der Waals surface area contributed by atoms with Gasteiger partial charge in [-0.15, -0.1) is 0 Å². The zero-order valence-electron chi connectivity index (χ0n) is 75.7. The van der Waals surface area contributed by atoms with E-state index < -0.39 is 0 Å². The second kappa shape index (κ2) is 59.6. The number of hydrogen-bond acceptors (Lipinski definition) is 18. The summed E-state index contributed by atoms with van der Waals surface area (Å²) < 4.78 is 18.4. The SMILES string of the molecule is CC(=O)Nc1cccnc1.CCN1C=C(NC(C)=O)CCC1.CCN1CCCC(N(C/C(C)=C/c2ccccc2)C(=O)c2cc(OC)c(OC)c(OC)c2)C1.CCN1CCCC(N)C1.CCN1CCCC(NC/C(C)=C/c2ccccc2)C1.CCN1CCCC(NC/C(C)=C/c2ccccc2)C1.CC[n+]1cccc(NC(C)=O)c1.Nc1cccnc1. The zero-order chi connectivity index (χ0) is 87.9. The van der Waals surface area contributed by atoms with Crippen LogP contribution in [0.1, 0.15) is 174 Å². The maximum absolute atomic E-state index is 13.9. The average molecular weight is 1660 g/mol. The first-order valence-electron chi connectivity index (χ1n) is 43.7. The molecule has 4 amide bonds. The Morgan fingerprint density at radius 1 is 0.504 bits per heavy atom. The Kier molecular flexibility index (Phi) is 49.9. The van der Waals surface area contributed by atoms with Crippen LogP contribution in [0.4, 0.5) is 17.1 Å². The van der Waals surface area contributed by atoms with Gasteiger partial charge in [-0.1, -0.05) is 154 Å². The summed E-state index contributed by atoms with van der Waals surface area (Å²) in [6.45, 7) is 43.4. The third kappa shape index (κ3) is 42.3. The topological polar surface area (TPSA) is 257 Å². The Labute approximate surface area is 725 Å². The number of ether oxygens (including phenoxy) is 3. The Morgan fingerprint density at radius 3 is 1.39 bits per heavy atom. The molecule has 4 saturated heterocycles. The number of nitrogen functional groups attached to an aromatic ring is 1. The fourth-order valence-corrected chi connectivity index (χ4v) is 14.6. The molecule has 23 nitrogen and oxygen atoms in total. The predicted molar refractivity (Wildman–Crippen MR) is 500 cm³/mol. The molecule has 121 heavy (non-hydrogen) atoms. The third-order valence-electron chi connectivity index (χ3n) is 21.0. The first-order valence-corrected chi connectivity index (χ1v) is 43.7. The molecule has 0 aliphatic carbocycles. The van der Waals surface area contributed by atoms with Gasteiger partial charge in [0.1, 0.15) is 12.2 Å². The van der Waals surface area contributed by atoms with E-state index in [2.05, 4.69) is 214 Å². The van der Waals surface area contributed by atoms with E-state index in [1.54, 1.807) is 89.4 Å². The zero-order valence-corrected chi connectivity index (χ0v) is 75.7. The molecule has 3 aromatic heterocycles. The number of aromatic nitrogens is 3. The van der Waals surface area contributed by atoms with Crippen molar-refractivity contribution >= 4 is 58.9 Å². The van der Waals surface area contributed by atoms with Gasteiger partial charge in [-0.3, -0.25) is 29.1 Å². The highest BCUT2D eigenvalue weighted by atomic mass is 16.5. The van der Waals surface area contributed by atoms with Crippen LogP contribution in [-0.2, 0) is 20.9 Å². The molecule has 4 fully saturated rings. The number of allylic oxidation sites excluding steroid dienone is 1. The van der Waals surface area contributed by atoms with E-state index in [0.717, 1.165) is 119 Å². The van der Waals surface area contributed by atoms with Crippen molar-refractivity contribution in [2.45, 2.75) is 178 Å². The van der Waals surface area contributed by atoms with E-state index in [4.69, 9.17) is 25.7 Å². The van der Waals surface area contributed by atoms with Crippen molar-refractivity contribution in [3.8, 4) is 17.2 Å². The number of likely N-dealkylation sites (N-methyl/N-ethyl adjacent to an activating group) is 4. The number of nitrogens with one attached hydrogen (secondary N) is 5. The minimum absolute atomic E-state index is 0.0270. The number of pyridine rings is 3. The molecule has 8 heterocycles. The molecule has 7 aromatic rings. The number of hydrogen-bond donors (Lipinski definition) is 7. The lowest BCUT2D eigenvalue weighted by Crippen LogP contribution is -2.50. The van der Waals surface area contributed by atoms with E-state index in [1.807, 2.05) is 58.4 Å². The van der Waals surface area contributed by atoms with E-state index in [1.165, 1.54) is 120 Å². The summed E-state index contributed by atoms with van der Waals surface area (Å²) in [5, 5.41) is 15.5. The molecule has 9 N–H and O–H groups in total. The molecular formula is C98H147N16O7+. The fourth-order valence-electron chi connectivity index (χ4n) is 14.6. The Hall–Kier alpha value is -10.1. The molecule has 23 heteroatoms. The molecule has 12 rings (SSSR count). The Bertz CT molecular complexity index is 4050. The highest BCUT2D eigenvalue weighted by Crippen LogP contribution is 2.39. The van der Waals surface area contributed by atoms with E-state index in [0.29, 0.717) is 53.2 Å². The lowest BCUT2D eigenvalue weighted by atomic mass is 10.0. The van der Waals surface area contributed by atoms with Crippen molar-refractivity contribution in [3.05, 3.63) is 228 Å². The number of carbonyl (C=O) groups excluding carboxylic acids is 4. The lowest BCUT2D eigenvalue weighted by molar-refractivity contribution is -0.692. The number of carbonyl (C=O) groups is 4. The quantitative estimate of drug-likeness (QED) is 0.0263. The number of amides is 4. The molecule has 4 unspecified atom stereocenters. The van der Waals surface area contributed by atoms with E-state index >= 15 is 0 Å². The van der Waals surface area contributed by atoms with Gasteiger partial charge in [-0.2, -0.15) is 0 Å². The minimum Gasteiger partial charge on any atom is -0.493 e. The Morgan fingerprint density at radius 2 is 0.967 bits per heavy atom. The first kappa shape index (κ1) is 101. The van der Waals surface area contributed by atoms with Crippen molar-refractivity contribution < 1.29 is 38.0 Å². The summed E-state index contributed by atoms with van der Waals surface area (Å²) in [7, 11) is 4.69. The molecule has 660 valence electrons. The fraction of sp³-hybridized carbons (Fsp3) is 0.480. The summed E-state index contributed by atoms with van der Waals surface area (Å²) >= 11 is 0. The Balaban J connectivity index is 0.000000259. The number of piperidine rings is 4. The van der Waals surface area contributed by atoms with Gasteiger partial charge in [-0.05, 0) is 210 Å². The van der Waals surface area contributed by atoms with E-state index in [-0.39, 0.29) is 29.7 Å². The summed E-state index contributed by atoms with van der Waals surface area (Å²) in [5.41, 5.74) is 22.6. The number of nitrogens with zero attached hydrogens (tertiary/aromatic N) is 9. The lowest BCUT2D eigenvalue weighted by Gasteiger charge is -2.39. The van der Waals surface area contributed by atoms with Gasteiger partial charge in [0.25, 0.3) is 5.91 Å². The molecular weight excluding hydrogens is 1510 g/mol. The molecule has 4 aromatic carbocycles. The van der Waals surface area contributed by atoms with Crippen molar-refractivity contribution in [1.29, 1.82) is 0 Å². The highest BCUT2D eigenvalue weighted by Gasteiger charge is 2.31. The standard InChI is InChI=1S/C27H36N2O4.2C17H26N2.C9H16N2O.C9H12N2O.C7H8N2O.C7H16N2.C5H6N2/c1-6-28-14-10-13-23(19-28)29(18-20(2)15-21-11-8-7-9-12-21)27(30)22-16-24(31-3)26(33-5)25(17-22)32-4;2*1-3-19-11-7-10-17(14-19)18-13-15(2)12-16-8-5-4-6-9-16;2*1-3-11-6-4-5-9(7-11)10-8(2)12;1-6(10)9-7-3-2-4-8-5-7;1-2-9-5-3-4-7(8)6-9;6-5-2-1-3-7-4-5/h7-9,11-12,15-17,23H,6,10,13-14,18-19H2,1-5H3;2*4-6,8-9,12,17-18H,3,7,10-11,13-14H2,1-2H3;7H,3-6H2,1-2H3,(H,10,12);4-7H,3H2,1-2H3;2-5H,1H3,(H,9,10);7H,2-6,8H2,1H3;1-4H,6H2/p+1/b20-15+;2*15-12+;;;;;. The van der Waals surface area contributed by atoms with Crippen LogP contribution in [0.2, 0.25) is 0 Å². The summed E-state index contributed by atoms with van der Waals surface area (Å²) in [4.78, 5) is 67.5. The van der Waals surface area contributed by atoms with Gasteiger partial charge in [0.2, 0.25) is 23.5 Å². The van der Waals surface area contributed by atoms with Gasteiger partial charge in [0.15, 0.2) is 23.9 Å². The predicted octanol–water partition coefficient (Wildman–Crippen LogP) is 15.2. The van der Waals surface area contributed by atoms with Gasteiger partial charge in [-0.25, -0.2) is 4.57 Å². The van der Waals surface area contributed by atoms with Gasteiger partial charge in [0, 0.05) is 146 Å². The molecule has 0 radical (unpaired) electrons. The summed E-state index contributed by atoms with van der Waals surface area (Å²) in [5.74, 6) is 1.33. The van der Waals surface area contributed by atoms with Crippen LogP contribution in [0.25, 0.3) is 18.2 Å². The average Bonchev–Trinajstić information content (AvgIpc) is 0.797. The number of aryl methyl sites for hydroxylation is 1. The maximum Gasteiger partial charge on any atom is 0.254 e. The number of nitrogens with two attached hydrogens (primary N) is 2. The number of anilines is 3. The summed E-state index contributed by atoms with van der Waals surface area (Å²) in [6.07, 6.45) is 31.2. The monoisotopic (exact) mass is 1660 g/mol. The van der Waals surface area contributed by atoms with Crippen LogP contribution in [0.3, 0.4) is 0 Å². The minimum atomic E-state index is -0.0759. The molecule has 5 aliphatic rings. The molecule has 0 bridgehead atoms. The van der Waals surface area contributed by atoms with Gasteiger partial charge >= 0.3 is 0 Å². The number of methoxy groups -OCH3 is 3. The third-order valence-corrected chi connectivity index (χ3v) is 21.0. The first-order chi connectivity index (χ1) is 58.5. The molecule has 5 aliphatic heterocycles. The smallest absolute Gasteiger partial charge is 0.254 e. The van der Waals surface area contributed by atoms with Crippen LogP contribution in [0.5, 0.6) is 17.2 Å². The van der Waals surface area contributed by atoms with Crippen LogP contribution >= 0.6 is 0 Å². The highest BCUT2D eigenvalue weighted by molar-refractivity contribution is 5.96. The van der Waals surface area contributed by atoms with Gasteiger partial charge < -0.3 is 81.7 Å². The normalized spacial score (nSPS) is 17.5. The second-order valence-corrected chi connectivity index (χ2v) is 31.1. The second-order valence-electron chi connectivity index (χ2n) is 31.1. The number of rotatable bonds is 25. The molecule has 0 saturated carbocycles. The molecule has 0 spiro atoms. The maximum atomic E-state index is 13.9. The molecule has 4 atom stereocenters. The largest absolute Gasteiger partial charge is 0.493 e. The number of benzene rings is 4. The van der Waals surface area contributed by atoms with Gasteiger partial charge in [0.05, 0.1) is 38.9 Å².